The Morgan fingerprint density at radius 2 is 0.627 bits per heavy atom. The highest BCUT2D eigenvalue weighted by Crippen LogP contribution is 2.52. The number of hydrogen-bond acceptors (Lipinski definition) is 0. The van der Waals surface area contributed by atoms with E-state index < -0.39 is 0 Å². The molecule has 2 aliphatic rings. The number of rotatable bonds is 3. The minimum atomic E-state index is -0.104. The summed E-state index contributed by atoms with van der Waals surface area (Å²) in [6.45, 7) is 11.7. The molecule has 0 radical (unpaired) electrons. The summed E-state index contributed by atoms with van der Waals surface area (Å²) in [5.41, 5.74) is 19.9. The Kier molecular flexibility index (Phi) is 6.29. The van der Waals surface area contributed by atoms with Gasteiger partial charge in [0.2, 0.25) is 0 Å². The van der Waals surface area contributed by atoms with E-state index in [1.807, 2.05) is 0 Å². The van der Waals surface area contributed by atoms with Gasteiger partial charge in [-0.3, -0.25) is 0 Å². The second-order valence-corrected chi connectivity index (χ2v) is 15.9. The lowest BCUT2D eigenvalue weighted by Crippen LogP contribution is -2.15. The van der Waals surface area contributed by atoms with E-state index in [9.17, 15) is 0 Å². The lowest BCUT2D eigenvalue weighted by molar-refractivity contribution is 0.659. The van der Waals surface area contributed by atoms with Crippen LogP contribution >= 0.6 is 0 Å². The number of hydrogen-bond donors (Lipinski definition) is 0. The number of aryl methyl sites for hydroxylation is 1. The van der Waals surface area contributed by atoms with E-state index in [1.165, 1.54) is 105 Å². The van der Waals surface area contributed by atoms with E-state index in [1.54, 1.807) is 0 Å². The first-order chi connectivity index (χ1) is 24.6. The smallest absolute Gasteiger partial charge is 0.0159 e. The normalized spacial score (nSPS) is 14.7. The molecule has 0 aromatic heterocycles. The Labute approximate surface area is 301 Å². The first kappa shape index (κ1) is 30.1. The molecule has 244 valence electrons. The van der Waals surface area contributed by atoms with Crippen molar-refractivity contribution in [3.05, 3.63) is 179 Å². The maximum atomic E-state index is 2.45. The fraction of sp³-hybridized carbons (Fsp3) is 0.137. The molecule has 0 aliphatic heterocycles. The van der Waals surface area contributed by atoms with Crippen LogP contribution in [0.25, 0.3) is 77.2 Å². The molecule has 0 fully saturated rings. The van der Waals surface area contributed by atoms with E-state index in [0.29, 0.717) is 0 Å². The van der Waals surface area contributed by atoms with Crippen LogP contribution in [0.4, 0.5) is 0 Å². The zero-order chi connectivity index (χ0) is 34.6. The van der Waals surface area contributed by atoms with Crippen molar-refractivity contribution in [2.24, 2.45) is 0 Å². The summed E-state index contributed by atoms with van der Waals surface area (Å²) in [5, 5.41) is 5.10. The molecule has 0 unspecified atom stereocenters. The van der Waals surface area contributed by atoms with Gasteiger partial charge in [0.1, 0.15) is 0 Å². The van der Waals surface area contributed by atoms with Crippen LogP contribution < -0.4 is 0 Å². The molecule has 0 spiro atoms. The molecule has 0 saturated carbocycles. The predicted octanol–water partition coefficient (Wildman–Crippen LogP) is 13.9. The van der Waals surface area contributed by atoms with Crippen LogP contribution in [0.1, 0.15) is 55.5 Å². The van der Waals surface area contributed by atoms with Crippen molar-refractivity contribution in [2.45, 2.75) is 45.4 Å². The van der Waals surface area contributed by atoms with Gasteiger partial charge in [-0.15, -0.1) is 0 Å². The zero-order valence-corrected chi connectivity index (χ0v) is 29.9. The molecule has 0 N–H and O–H groups in total. The molecular weight excluding hydrogens is 613 g/mol. The SMILES string of the molecule is Cc1ccc2cc(-c3ccc4cc(-c5ccc6c(c5)C(C)(C)c5cc(-c7ccc8c(c7)C(C)(C)c7ccccc7-8)ccc5-6)ccc4c3)ccc2c1. The number of benzene rings is 8. The third kappa shape index (κ3) is 4.52. The van der Waals surface area contributed by atoms with Crippen molar-refractivity contribution in [3.8, 4) is 55.6 Å². The van der Waals surface area contributed by atoms with Crippen molar-refractivity contribution in [3.63, 3.8) is 0 Å². The van der Waals surface area contributed by atoms with Gasteiger partial charge in [0.05, 0.1) is 0 Å². The quantitative estimate of drug-likeness (QED) is 0.178. The summed E-state index contributed by atoms with van der Waals surface area (Å²) < 4.78 is 0. The molecule has 0 bridgehead atoms. The highest BCUT2D eigenvalue weighted by molar-refractivity contribution is 5.94. The Bertz CT molecular complexity index is 2750. The molecule has 8 aromatic rings. The molecule has 0 atom stereocenters. The molecule has 0 amide bonds. The summed E-state index contributed by atoms with van der Waals surface area (Å²) in [4.78, 5) is 0. The van der Waals surface area contributed by atoms with Crippen molar-refractivity contribution in [1.29, 1.82) is 0 Å². The highest BCUT2D eigenvalue weighted by atomic mass is 14.4. The van der Waals surface area contributed by atoms with Gasteiger partial charge in [0, 0.05) is 10.8 Å². The maximum Gasteiger partial charge on any atom is 0.0159 e. The third-order valence-electron chi connectivity index (χ3n) is 12.1. The van der Waals surface area contributed by atoms with E-state index >= 15 is 0 Å². The monoisotopic (exact) mass is 652 g/mol. The average Bonchev–Trinajstić information content (AvgIpc) is 3.52. The van der Waals surface area contributed by atoms with Crippen molar-refractivity contribution in [2.75, 3.05) is 0 Å². The lowest BCUT2D eigenvalue weighted by Gasteiger charge is -2.23. The largest absolute Gasteiger partial charge is 0.0619 e. The molecule has 0 heteroatoms. The van der Waals surface area contributed by atoms with Crippen LogP contribution in [-0.4, -0.2) is 0 Å². The van der Waals surface area contributed by atoms with E-state index in [0.717, 1.165) is 0 Å². The van der Waals surface area contributed by atoms with Crippen LogP contribution in [-0.2, 0) is 10.8 Å². The second kappa shape index (κ2) is 10.6. The van der Waals surface area contributed by atoms with Crippen molar-refractivity contribution < 1.29 is 0 Å². The standard InChI is InChI=1S/C51H40/c1-31-10-11-33-25-34(13-12-32(33)24-31)35-14-15-37-27-38(17-16-36(37)26-35)39-18-22-44-45-23-20-41(30-49(45)51(4,5)48(44)28-39)40-19-21-43-42-8-6-7-9-46(42)50(2,3)47(43)29-40/h6-30H,1-5H3. The average molecular weight is 653 g/mol. The van der Waals surface area contributed by atoms with Gasteiger partial charge in [0.15, 0.2) is 0 Å². The van der Waals surface area contributed by atoms with Crippen LogP contribution in [0.2, 0.25) is 0 Å². The number of fused-ring (bicyclic) bond motifs is 8. The Morgan fingerprint density at radius 1 is 0.294 bits per heavy atom. The summed E-state index contributed by atoms with van der Waals surface area (Å²) in [6.07, 6.45) is 0. The summed E-state index contributed by atoms with van der Waals surface area (Å²) in [7, 11) is 0. The fourth-order valence-electron chi connectivity index (χ4n) is 9.13. The van der Waals surface area contributed by atoms with E-state index in [2.05, 4.69) is 186 Å². The molecular formula is C51H40. The van der Waals surface area contributed by atoms with Crippen molar-refractivity contribution >= 4 is 21.5 Å². The molecule has 0 saturated heterocycles. The summed E-state index contributed by atoms with van der Waals surface area (Å²) in [6, 6.07) is 57.5. The molecule has 0 heterocycles. The maximum absolute atomic E-state index is 2.45. The van der Waals surface area contributed by atoms with Crippen LogP contribution in [0.3, 0.4) is 0 Å². The molecule has 10 rings (SSSR count). The van der Waals surface area contributed by atoms with Gasteiger partial charge in [0.25, 0.3) is 0 Å². The molecule has 2 aliphatic carbocycles. The Hall–Kier alpha value is -5.72. The van der Waals surface area contributed by atoms with Gasteiger partial charge < -0.3 is 0 Å². The zero-order valence-electron chi connectivity index (χ0n) is 29.9. The van der Waals surface area contributed by atoms with E-state index in [-0.39, 0.29) is 10.8 Å². The van der Waals surface area contributed by atoms with Gasteiger partial charge >= 0.3 is 0 Å². The summed E-state index contributed by atoms with van der Waals surface area (Å²) in [5.74, 6) is 0. The molecule has 0 nitrogen and oxygen atoms in total. The second-order valence-electron chi connectivity index (χ2n) is 15.9. The van der Waals surface area contributed by atoms with Crippen LogP contribution in [0.15, 0.2) is 152 Å². The van der Waals surface area contributed by atoms with Crippen LogP contribution in [0, 0.1) is 6.92 Å². The van der Waals surface area contributed by atoms with Gasteiger partial charge in [-0.25, -0.2) is 0 Å². The Morgan fingerprint density at radius 3 is 1.10 bits per heavy atom. The minimum Gasteiger partial charge on any atom is -0.0619 e. The predicted molar refractivity (Wildman–Crippen MR) is 218 cm³/mol. The highest BCUT2D eigenvalue weighted by Gasteiger charge is 2.37. The van der Waals surface area contributed by atoms with Crippen molar-refractivity contribution in [1.82, 2.24) is 0 Å². The van der Waals surface area contributed by atoms with Gasteiger partial charge in [-0.1, -0.05) is 149 Å². The molecule has 51 heavy (non-hydrogen) atoms. The van der Waals surface area contributed by atoms with E-state index in [4.69, 9.17) is 0 Å². The third-order valence-corrected chi connectivity index (χ3v) is 12.1. The summed E-state index contributed by atoms with van der Waals surface area (Å²) >= 11 is 0. The minimum absolute atomic E-state index is 0.00776. The van der Waals surface area contributed by atoms with Gasteiger partial charge in [-0.2, -0.15) is 0 Å². The fourth-order valence-corrected chi connectivity index (χ4v) is 9.13. The molecule has 8 aromatic carbocycles. The van der Waals surface area contributed by atoms with Crippen LogP contribution in [0.5, 0.6) is 0 Å². The first-order valence-corrected chi connectivity index (χ1v) is 18.2. The lowest BCUT2D eigenvalue weighted by atomic mass is 9.80. The topological polar surface area (TPSA) is 0 Å². The van der Waals surface area contributed by atoms with Gasteiger partial charge in [-0.05, 0) is 143 Å². The Balaban J connectivity index is 0.971. The first-order valence-electron chi connectivity index (χ1n) is 18.2.